The lowest BCUT2D eigenvalue weighted by molar-refractivity contribution is -0.136. The molecule has 0 unspecified atom stereocenters. The number of benzene rings is 2. The Hall–Kier alpha value is -3.05. The van der Waals surface area contributed by atoms with E-state index in [4.69, 9.17) is 16.3 Å². The van der Waals surface area contributed by atoms with Crippen molar-refractivity contribution in [3.63, 3.8) is 0 Å². The normalized spacial score (nSPS) is 13.6. The summed E-state index contributed by atoms with van der Waals surface area (Å²) < 4.78 is 5.26. The van der Waals surface area contributed by atoms with Crippen molar-refractivity contribution in [3.8, 4) is 0 Å². The van der Waals surface area contributed by atoms with Gasteiger partial charge in [0.2, 0.25) is 0 Å². The second-order valence-corrected chi connectivity index (χ2v) is 6.98. The zero-order chi connectivity index (χ0) is 19.7. The standard InChI is InChI=1S/C22H19ClN2O3/c1-2-28-22(27)18-13-25(21(26)14-6-5-7-15(23)12-14)11-10-17-16-8-3-4-9-19(16)24-20(17)18/h3-9,12-13,24H,2,10-11H2,1H3. The lowest BCUT2D eigenvalue weighted by Crippen LogP contribution is -2.28. The van der Waals surface area contributed by atoms with Crippen molar-refractivity contribution in [2.75, 3.05) is 13.2 Å². The number of carbonyl (C=O) groups is 2. The summed E-state index contributed by atoms with van der Waals surface area (Å²) in [6, 6.07) is 14.7. The molecule has 2 aromatic carbocycles. The number of amides is 1. The number of halogens is 1. The highest BCUT2D eigenvalue weighted by Gasteiger charge is 2.27. The zero-order valence-electron chi connectivity index (χ0n) is 15.4. The number of aromatic nitrogens is 1. The third-order valence-electron chi connectivity index (χ3n) is 4.80. The van der Waals surface area contributed by atoms with Gasteiger partial charge in [-0.15, -0.1) is 0 Å². The molecule has 1 aliphatic heterocycles. The van der Waals surface area contributed by atoms with Crippen LogP contribution in [0, 0.1) is 0 Å². The highest BCUT2D eigenvalue weighted by atomic mass is 35.5. The first-order valence-corrected chi connectivity index (χ1v) is 9.51. The lowest BCUT2D eigenvalue weighted by Gasteiger charge is -2.18. The van der Waals surface area contributed by atoms with E-state index in [1.165, 1.54) is 0 Å². The van der Waals surface area contributed by atoms with Crippen LogP contribution in [0.5, 0.6) is 0 Å². The number of carbonyl (C=O) groups excluding carboxylic acids is 2. The third kappa shape index (κ3) is 3.29. The number of hydrogen-bond acceptors (Lipinski definition) is 3. The van der Waals surface area contributed by atoms with Crippen LogP contribution < -0.4 is 0 Å². The van der Waals surface area contributed by atoms with Gasteiger partial charge < -0.3 is 14.6 Å². The third-order valence-corrected chi connectivity index (χ3v) is 5.03. The van der Waals surface area contributed by atoms with Crippen LogP contribution in [-0.2, 0) is 16.0 Å². The number of hydrogen-bond donors (Lipinski definition) is 1. The highest BCUT2D eigenvalue weighted by molar-refractivity contribution is 6.31. The molecule has 4 rings (SSSR count). The minimum Gasteiger partial charge on any atom is -0.462 e. The minimum atomic E-state index is -0.457. The summed E-state index contributed by atoms with van der Waals surface area (Å²) in [6.07, 6.45) is 2.20. The quantitative estimate of drug-likeness (QED) is 0.669. The molecule has 0 saturated carbocycles. The maximum Gasteiger partial charge on any atom is 0.341 e. The van der Waals surface area contributed by atoms with Crippen LogP contribution in [0.4, 0.5) is 0 Å². The molecule has 28 heavy (non-hydrogen) atoms. The molecule has 0 spiro atoms. The molecular formula is C22H19ClN2O3. The monoisotopic (exact) mass is 394 g/mol. The fourth-order valence-corrected chi connectivity index (χ4v) is 3.71. The molecule has 1 N–H and O–H groups in total. The van der Waals surface area contributed by atoms with Crippen LogP contribution in [0.3, 0.4) is 0 Å². The van der Waals surface area contributed by atoms with Gasteiger partial charge in [-0.05, 0) is 43.2 Å². The minimum absolute atomic E-state index is 0.209. The molecule has 1 amide bonds. The molecule has 1 aromatic heterocycles. The molecule has 2 heterocycles. The predicted octanol–water partition coefficient (Wildman–Crippen LogP) is 4.42. The summed E-state index contributed by atoms with van der Waals surface area (Å²) in [6.45, 7) is 2.47. The number of nitrogens with zero attached hydrogens (tertiary/aromatic N) is 1. The first-order chi connectivity index (χ1) is 13.6. The Balaban J connectivity index is 1.80. The van der Waals surface area contributed by atoms with Gasteiger partial charge in [0.15, 0.2) is 0 Å². The Labute approximate surface area is 167 Å². The van der Waals surface area contributed by atoms with Gasteiger partial charge in [-0.2, -0.15) is 0 Å². The summed E-state index contributed by atoms with van der Waals surface area (Å²) in [4.78, 5) is 30.6. The van der Waals surface area contributed by atoms with Crippen molar-refractivity contribution >= 4 is 40.0 Å². The molecule has 0 bridgehead atoms. The van der Waals surface area contributed by atoms with Gasteiger partial charge in [-0.25, -0.2) is 4.79 Å². The zero-order valence-corrected chi connectivity index (χ0v) is 16.1. The lowest BCUT2D eigenvalue weighted by atomic mass is 10.0. The van der Waals surface area contributed by atoms with E-state index in [-0.39, 0.29) is 12.5 Å². The SMILES string of the molecule is CCOC(=O)C1=CN(C(=O)c2cccc(Cl)c2)CCc2c1[nH]c1ccccc21. The van der Waals surface area contributed by atoms with Gasteiger partial charge in [0, 0.05) is 34.2 Å². The maximum absolute atomic E-state index is 13.0. The van der Waals surface area contributed by atoms with Gasteiger partial charge in [0.25, 0.3) is 5.91 Å². The van der Waals surface area contributed by atoms with Crippen LogP contribution in [0.1, 0.15) is 28.5 Å². The summed E-state index contributed by atoms with van der Waals surface area (Å²) >= 11 is 6.04. The van der Waals surface area contributed by atoms with Crippen molar-refractivity contribution in [1.82, 2.24) is 9.88 Å². The first-order valence-electron chi connectivity index (χ1n) is 9.14. The van der Waals surface area contributed by atoms with Crippen molar-refractivity contribution < 1.29 is 14.3 Å². The molecule has 0 radical (unpaired) electrons. The Morgan fingerprint density at radius 3 is 2.79 bits per heavy atom. The molecule has 0 aliphatic carbocycles. The van der Waals surface area contributed by atoms with Crippen molar-refractivity contribution in [1.29, 1.82) is 0 Å². The van der Waals surface area contributed by atoms with Gasteiger partial charge >= 0.3 is 5.97 Å². The van der Waals surface area contributed by atoms with Crippen LogP contribution in [0.2, 0.25) is 5.02 Å². The molecule has 6 heteroatoms. The van der Waals surface area contributed by atoms with Crippen LogP contribution in [-0.4, -0.2) is 34.9 Å². The topological polar surface area (TPSA) is 62.4 Å². The second kappa shape index (κ2) is 7.52. The number of para-hydroxylation sites is 1. The number of rotatable bonds is 3. The molecule has 5 nitrogen and oxygen atoms in total. The van der Waals surface area contributed by atoms with E-state index in [9.17, 15) is 9.59 Å². The molecule has 142 valence electrons. The van der Waals surface area contributed by atoms with Gasteiger partial charge in [-0.1, -0.05) is 35.9 Å². The van der Waals surface area contributed by atoms with E-state index in [1.807, 2.05) is 24.3 Å². The summed E-state index contributed by atoms with van der Waals surface area (Å²) in [5, 5.41) is 1.54. The second-order valence-electron chi connectivity index (χ2n) is 6.55. The van der Waals surface area contributed by atoms with Crippen molar-refractivity contribution in [2.24, 2.45) is 0 Å². The number of fused-ring (bicyclic) bond motifs is 3. The van der Waals surface area contributed by atoms with E-state index in [0.717, 1.165) is 16.5 Å². The Bertz CT molecular complexity index is 1100. The number of aromatic amines is 1. The number of nitrogens with one attached hydrogen (secondary N) is 1. The number of H-pyrrole nitrogens is 1. The summed E-state index contributed by atoms with van der Waals surface area (Å²) in [5.74, 6) is -0.667. The molecule has 0 saturated heterocycles. The van der Waals surface area contributed by atoms with E-state index in [0.29, 0.717) is 34.8 Å². The van der Waals surface area contributed by atoms with Crippen LogP contribution >= 0.6 is 11.6 Å². The predicted molar refractivity (Wildman–Crippen MR) is 109 cm³/mol. The Kier molecular flexibility index (Phi) is 4.92. The molecule has 0 fully saturated rings. The number of esters is 1. The maximum atomic E-state index is 13.0. The molecule has 3 aromatic rings. The molecular weight excluding hydrogens is 376 g/mol. The molecule has 1 aliphatic rings. The van der Waals surface area contributed by atoms with Gasteiger partial charge in [0.1, 0.15) is 0 Å². The van der Waals surface area contributed by atoms with Gasteiger partial charge in [0.05, 0.1) is 17.9 Å². The largest absolute Gasteiger partial charge is 0.462 e. The number of ether oxygens (including phenoxy) is 1. The van der Waals surface area contributed by atoms with Crippen LogP contribution in [0.15, 0.2) is 54.7 Å². The average molecular weight is 395 g/mol. The smallest absolute Gasteiger partial charge is 0.341 e. The van der Waals surface area contributed by atoms with E-state index in [1.54, 1.807) is 42.3 Å². The van der Waals surface area contributed by atoms with E-state index < -0.39 is 5.97 Å². The van der Waals surface area contributed by atoms with Crippen LogP contribution in [0.25, 0.3) is 16.5 Å². The summed E-state index contributed by atoms with van der Waals surface area (Å²) in [5.41, 5.74) is 3.50. The van der Waals surface area contributed by atoms with Crippen molar-refractivity contribution in [3.05, 3.63) is 76.6 Å². The fourth-order valence-electron chi connectivity index (χ4n) is 3.52. The Morgan fingerprint density at radius 2 is 2.00 bits per heavy atom. The first kappa shape index (κ1) is 18.3. The van der Waals surface area contributed by atoms with E-state index in [2.05, 4.69) is 4.98 Å². The average Bonchev–Trinajstić information content (AvgIpc) is 2.95. The van der Waals surface area contributed by atoms with E-state index >= 15 is 0 Å². The highest BCUT2D eigenvalue weighted by Crippen LogP contribution is 2.31. The summed E-state index contributed by atoms with van der Waals surface area (Å²) in [7, 11) is 0. The van der Waals surface area contributed by atoms with Crippen molar-refractivity contribution in [2.45, 2.75) is 13.3 Å². The molecule has 0 atom stereocenters. The van der Waals surface area contributed by atoms with Gasteiger partial charge in [-0.3, -0.25) is 4.79 Å². The Morgan fingerprint density at radius 1 is 1.18 bits per heavy atom. The fraction of sp³-hybridized carbons (Fsp3) is 0.182.